The van der Waals surface area contributed by atoms with E-state index in [1.54, 1.807) is 31.2 Å². The second-order valence-electron chi connectivity index (χ2n) is 4.71. The Balaban J connectivity index is 1.82. The lowest BCUT2D eigenvalue weighted by Gasteiger charge is -2.12. The van der Waals surface area contributed by atoms with Crippen molar-refractivity contribution in [2.75, 3.05) is 0 Å². The largest absolute Gasteiger partial charge is 0.370 e. The van der Waals surface area contributed by atoms with Crippen LogP contribution in [-0.2, 0) is 16.1 Å². The molecular weight excluding hydrogens is 266 g/mol. The standard InChI is InChI=1S/C17H17NO3/c1-13(17(20)15-10-6-3-7-11-15)18-21-16(19)12-14-8-4-2-5-9-14/h2-11,13,18H,12H2,1H3/t13-/m0/s1. The summed E-state index contributed by atoms with van der Waals surface area (Å²) in [5, 5.41) is 0. The molecule has 0 unspecified atom stereocenters. The highest BCUT2D eigenvalue weighted by molar-refractivity contribution is 5.99. The van der Waals surface area contributed by atoms with Crippen molar-refractivity contribution >= 4 is 11.8 Å². The fourth-order valence-corrected chi connectivity index (χ4v) is 1.86. The predicted molar refractivity (Wildman–Crippen MR) is 79.6 cm³/mol. The van der Waals surface area contributed by atoms with Crippen LogP contribution in [0.3, 0.4) is 0 Å². The zero-order valence-electron chi connectivity index (χ0n) is 11.8. The SMILES string of the molecule is C[C@H](NOC(=O)Cc1ccccc1)C(=O)c1ccccc1. The zero-order valence-corrected chi connectivity index (χ0v) is 11.8. The van der Waals surface area contributed by atoms with Crippen molar-refractivity contribution in [2.45, 2.75) is 19.4 Å². The molecule has 0 radical (unpaired) electrons. The van der Waals surface area contributed by atoms with E-state index in [4.69, 9.17) is 4.84 Å². The lowest BCUT2D eigenvalue weighted by Crippen LogP contribution is -2.36. The van der Waals surface area contributed by atoms with Crippen LogP contribution in [0.1, 0.15) is 22.8 Å². The average Bonchev–Trinajstić information content (AvgIpc) is 2.53. The zero-order chi connectivity index (χ0) is 15.1. The number of rotatable bonds is 6. The van der Waals surface area contributed by atoms with Crippen molar-refractivity contribution in [2.24, 2.45) is 0 Å². The molecule has 0 aliphatic heterocycles. The number of carbonyl (C=O) groups excluding carboxylic acids is 2. The van der Waals surface area contributed by atoms with Gasteiger partial charge in [0.05, 0.1) is 6.42 Å². The summed E-state index contributed by atoms with van der Waals surface area (Å²) < 4.78 is 0. The van der Waals surface area contributed by atoms with Gasteiger partial charge in [0.1, 0.15) is 6.04 Å². The fraction of sp³-hybridized carbons (Fsp3) is 0.176. The summed E-state index contributed by atoms with van der Waals surface area (Å²) in [5.74, 6) is -0.544. The van der Waals surface area contributed by atoms with E-state index in [9.17, 15) is 9.59 Å². The number of benzene rings is 2. The van der Waals surface area contributed by atoms with Gasteiger partial charge in [0.15, 0.2) is 5.78 Å². The van der Waals surface area contributed by atoms with Gasteiger partial charge >= 0.3 is 5.97 Å². The lowest BCUT2D eigenvalue weighted by molar-refractivity contribution is -0.151. The fourth-order valence-electron chi connectivity index (χ4n) is 1.86. The molecule has 4 heteroatoms. The van der Waals surface area contributed by atoms with Gasteiger partial charge in [-0.25, -0.2) is 0 Å². The van der Waals surface area contributed by atoms with Crippen LogP contribution in [0.4, 0.5) is 0 Å². The van der Waals surface area contributed by atoms with Crippen LogP contribution in [0, 0.1) is 0 Å². The monoisotopic (exact) mass is 283 g/mol. The minimum atomic E-state index is -0.591. The topological polar surface area (TPSA) is 55.4 Å². The molecule has 21 heavy (non-hydrogen) atoms. The smallest absolute Gasteiger partial charge is 0.329 e. The van der Waals surface area contributed by atoms with E-state index in [0.29, 0.717) is 5.56 Å². The second-order valence-corrected chi connectivity index (χ2v) is 4.71. The summed E-state index contributed by atoms with van der Waals surface area (Å²) in [4.78, 5) is 28.7. The maximum Gasteiger partial charge on any atom is 0.329 e. The van der Waals surface area contributed by atoms with E-state index >= 15 is 0 Å². The van der Waals surface area contributed by atoms with Gasteiger partial charge in [0, 0.05) is 5.56 Å². The van der Waals surface area contributed by atoms with E-state index < -0.39 is 12.0 Å². The molecule has 108 valence electrons. The molecule has 4 nitrogen and oxygen atoms in total. The van der Waals surface area contributed by atoms with Crippen molar-refractivity contribution in [1.82, 2.24) is 5.48 Å². The molecule has 0 fully saturated rings. The minimum absolute atomic E-state index is 0.122. The second kappa shape index (κ2) is 7.36. The van der Waals surface area contributed by atoms with Crippen LogP contribution in [0.5, 0.6) is 0 Å². The molecule has 2 aromatic carbocycles. The molecule has 1 N–H and O–H groups in total. The Morgan fingerprint density at radius 3 is 2.19 bits per heavy atom. The van der Waals surface area contributed by atoms with Crippen molar-refractivity contribution < 1.29 is 14.4 Å². The normalized spacial score (nSPS) is 11.7. The van der Waals surface area contributed by atoms with E-state index in [1.165, 1.54) is 0 Å². The summed E-state index contributed by atoms with van der Waals surface area (Å²) in [6.45, 7) is 1.66. The van der Waals surface area contributed by atoms with E-state index in [0.717, 1.165) is 5.56 Å². The Morgan fingerprint density at radius 1 is 1.00 bits per heavy atom. The molecule has 0 saturated heterocycles. The number of hydrogen-bond acceptors (Lipinski definition) is 4. The first-order valence-electron chi connectivity index (χ1n) is 6.75. The van der Waals surface area contributed by atoms with Crippen molar-refractivity contribution in [3.63, 3.8) is 0 Å². The molecule has 0 spiro atoms. The number of hydrogen-bond donors (Lipinski definition) is 1. The number of ketones is 1. The van der Waals surface area contributed by atoms with Crippen molar-refractivity contribution in [1.29, 1.82) is 0 Å². The van der Waals surface area contributed by atoms with Crippen LogP contribution >= 0.6 is 0 Å². The molecule has 0 heterocycles. The maximum atomic E-state index is 12.1. The first-order chi connectivity index (χ1) is 10.2. The van der Waals surface area contributed by atoms with Crippen LogP contribution in [0.2, 0.25) is 0 Å². The van der Waals surface area contributed by atoms with Gasteiger partial charge in [-0.15, -0.1) is 5.48 Å². The Hall–Kier alpha value is -2.46. The van der Waals surface area contributed by atoms with E-state index in [-0.39, 0.29) is 12.2 Å². The Kier molecular flexibility index (Phi) is 5.23. The van der Waals surface area contributed by atoms with Gasteiger partial charge in [-0.2, -0.15) is 0 Å². The van der Waals surface area contributed by atoms with Crippen LogP contribution in [0.15, 0.2) is 60.7 Å². The number of hydroxylamine groups is 1. The summed E-state index contributed by atoms with van der Waals surface area (Å²) in [6, 6.07) is 17.6. The van der Waals surface area contributed by atoms with Crippen molar-refractivity contribution in [3.05, 3.63) is 71.8 Å². The third kappa shape index (κ3) is 4.54. The minimum Gasteiger partial charge on any atom is -0.370 e. The van der Waals surface area contributed by atoms with Gasteiger partial charge in [0.25, 0.3) is 0 Å². The first-order valence-corrected chi connectivity index (χ1v) is 6.75. The molecule has 1 atom stereocenters. The van der Waals surface area contributed by atoms with Gasteiger partial charge in [0.2, 0.25) is 0 Å². The van der Waals surface area contributed by atoms with Gasteiger partial charge < -0.3 is 4.84 Å². The molecular formula is C17H17NO3. The quantitative estimate of drug-likeness (QED) is 0.654. The molecule has 0 aromatic heterocycles. The summed E-state index contributed by atoms with van der Waals surface area (Å²) in [7, 11) is 0. The predicted octanol–water partition coefficient (Wildman–Crippen LogP) is 2.55. The molecule has 0 aliphatic rings. The van der Waals surface area contributed by atoms with Gasteiger partial charge in [-0.1, -0.05) is 60.7 Å². The van der Waals surface area contributed by atoms with E-state index in [2.05, 4.69) is 5.48 Å². The third-order valence-corrected chi connectivity index (χ3v) is 2.99. The van der Waals surface area contributed by atoms with Gasteiger partial charge in [-0.05, 0) is 12.5 Å². The molecule has 0 aliphatic carbocycles. The highest BCUT2D eigenvalue weighted by Gasteiger charge is 2.16. The third-order valence-electron chi connectivity index (χ3n) is 2.99. The number of carbonyl (C=O) groups is 2. The summed E-state index contributed by atoms with van der Waals surface area (Å²) in [6.07, 6.45) is 0.167. The first kappa shape index (κ1) is 14.9. The highest BCUT2D eigenvalue weighted by atomic mass is 16.7. The average molecular weight is 283 g/mol. The van der Waals surface area contributed by atoms with Crippen LogP contribution in [-0.4, -0.2) is 17.8 Å². The molecule has 2 rings (SSSR count). The molecule has 0 saturated carbocycles. The Morgan fingerprint density at radius 2 is 1.57 bits per heavy atom. The van der Waals surface area contributed by atoms with E-state index in [1.807, 2.05) is 36.4 Å². The lowest BCUT2D eigenvalue weighted by atomic mass is 10.1. The highest BCUT2D eigenvalue weighted by Crippen LogP contribution is 2.04. The molecule has 2 aromatic rings. The Bertz CT molecular complexity index is 596. The summed E-state index contributed by atoms with van der Waals surface area (Å²) in [5.41, 5.74) is 3.95. The van der Waals surface area contributed by atoms with Crippen LogP contribution < -0.4 is 5.48 Å². The van der Waals surface area contributed by atoms with Crippen LogP contribution in [0.25, 0.3) is 0 Å². The molecule has 0 bridgehead atoms. The molecule has 0 amide bonds. The number of Topliss-reactive ketones (excluding diaryl/α,β-unsaturated/α-hetero) is 1. The Labute approximate surface area is 123 Å². The summed E-state index contributed by atoms with van der Waals surface area (Å²) >= 11 is 0. The van der Waals surface area contributed by atoms with Crippen molar-refractivity contribution in [3.8, 4) is 0 Å². The number of nitrogens with one attached hydrogen (secondary N) is 1. The van der Waals surface area contributed by atoms with Gasteiger partial charge in [-0.3, -0.25) is 9.59 Å². The maximum absolute atomic E-state index is 12.1.